The third-order valence-electron chi connectivity index (χ3n) is 1.21. The molecule has 0 bridgehead atoms. The van der Waals surface area contributed by atoms with Crippen molar-refractivity contribution in [2.75, 3.05) is 20.8 Å². The molecule has 0 spiro atoms. The fourth-order valence-electron chi connectivity index (χ4n) is 0.770. The van der Waals surface area contributed by atoms with Crippen LogP contribution in [0.1, 0.15) is 6.92 Å². The third kappa shape index (κ3) is 4.62. The second-order valence-electron chi connectivity index (χ2n) is 2.19. The Kier molecular flexibility index (Phi) is 6.13. The lowest BCUT2D eigenvalue weighted by Crippen LogP contribution is -2.20. The minimum atomic E-state index is -0.768. The Labute approximate surface area is 76.9 Å². The summed E-state index contributed by atoms with van der Waals surface area (Å²) in [6.45, 7) is 1.01. The molecule has 13 heavy (non-hydrogen) atoms. The quantitative estimate of drug-likeness (QED) is 0.377. The molecule has 0 aromatic carbocycles. The Balaban J connectivity index is 4.39. The molecule has 0 aliphatic rings. The summed E-state index contributed by atoms with van der Waals surface area (Å²) in [4.78, 5) is 10.6. The summed E-state index contributed by atoms with van der Waals surface area (Å²) < 4.78 is 14.4. The zero-order chi connectivity index (χ0) is 10.3. The molecule has 0 saturated heterocycles. The van der Waals surface area contributed by atoms with Crippen molar-refractivity contribution in [1.29, 1.82) is 0 Å². The van der Waals surface area contributed by atoms with Crippen molar-refractivity contribution in [2.45, 2.75) is 13.2 Å². The normalized spacial score (nSPS) is 11.9. The molecule has 0 unspecified atom stereocenters. The highest BCUT2D eigenvalue weighted by atomic mass is 16.7. The van der Waals surface area contributed by atoms with Crippen LogP contribution in [0, 0.1) is 0 Å². The molecule has 0 atom stereocenters. The number of carbonyl (C=O) groups is 1. The third-order valence-corrected chi connectivity index (χ3v) is 1.21. The standard InChI is InChI=1S/C8H14O5/c1-6(10)13-7(4-5-9)8(11-2)12-3/h4,8-9H,5H2,1-3H3. The molecule has 76 valence electrons. The zero-order valence-corrected chi connectivity index (χ0v) is 7.94. The van der Waals surface area contributed by atoms with E-state index < -0.39 is 12.3 Å². The molecule has 0 saturated carbocycles. The van der Waals surface area contributed by atoms with Crippen LogP contribution >= 0.6 is 0 Å². The monoisotopic (exact) mass is 190 g/mol. The Morgan fingerprint density at radius 2 is 2.00 bits per heavy atom. The minimum Gasteiger partial charge on any atom is -0.426 e. The van der Waals surface area contributed by atoms with Gasteiger partial charge in [0, 0.05) is 21.1 Å². The van der Waals surface area contributed by atoms with E-state index in [1.165, 1.54) is 27.2 Å². The topological polar surface area (TPSA) is 65.0 Å². The highest BCUT2D eigenvalue weighted by Gasteiger charge is 2.15. The minimum absolute atomic E-state index is 0.153. The van der Waals surface area contributed by atoms with Crippen LogP contribution in [0.15, 0.2) is 11.8 Å². The van der Waals surface area contributed by atoms with E-state index in [2.05, 4.69) is 0 Å². The van der Waals surface area contributed by atoms with Crippen LogP contribution < -0.4 is 0 Å². The second-order valence-corrected chi connectivity index (χ2v) is 2.19. The van der Waals surface area contributed by atoms with Crippen molar-refractivity contribution >= 4 is 5.97 Å². The summed E-state index contributed by atoms with van der Waals surface area (Å²) >= 11 is 0. The Morgan fingerprint density at radius 1 is 1.46 bits per heavy atom. The van der Waals surface area contributed by atoms with E-state index in [4.69, 9.17) is 19.3 Å². The molecule has 1 N–H and O–H groups in total. The van der Waals surface area contributed by atoms with E-state index in [1.54, 1.807) is 0 Å². The number of methoxy groups -OCH3 is 2. The van der Waals surface area contributed by atoms with Crippen molar-refractivity contribution < 1.29 is 24.1 Å². The number of carbonyl (C=O) groups excluding carboxylic acids is 1. The molecule has 0 radical (unpaired) electrons. The SMILES string of the molecule is COC(OC)C(=CCO)OC(C)=O. The summed E-state index contributed by atoms with van der Waals surface area (Å²) in [5.74, 6) is -0.334. The summed E-state index contributed by atoms with van der Waals surface area (Å²) in [6, 6.07) is 0. The van der Waals surface area contributed by atoms with Gasteiger partial charge in [-0.05, 0) is 6.08 Å². The van der Waals surface area contributed by atoms with Crippen LogP contribution in [-0.2, 0) is 19.0 Å². The average molecular weight is 190 g/mol. The van der Waals surface area contributed by atoms with Gasteiger partial charge in [-0.3, -0.25) is 4.79 Å². The summed E-state index contributed by atoms with van der Waals surface area (Å²) in [6.07, 6.45) is 0.537. The van der Waals surface area contributed by atoms with Crippen molar-refractivity contribution in [3.05, 3.63) is 11.8 Å². The molecule has 0 heterocycles. The summed E-state index contributed by atoms with van der Waals surface area (Å²) in [7, 11) is 2.81. The van der Waals surface area contributed by atoms with Gasteiger partial charge in [0.15, 0.2) is 5.76 Å². The van der Waals surface area contributed by atoms with Gasteiger partial charge >= 0.3 is 5.97 Å². The highest BCUT2D eigenvalue weighted by molar-refractivity contribution is 5.67. The number of hydrogen-bond acceptors (Lipinski definition) is 5. The van der Waals surface area contributed by atoms with Crippen molar-refractivity contribution in [2.24, 2.45) is 0 Å². The predicted molar refractivity (Wildman–Crippen MR) is 44.7 cm³/mol. The van der Waals surface area contributed by atoms with Crippen molar-refractivity contribution in [3.8, 4) is 0 Å². The average Bonchev–Trinajstić information content (AvgIpc) is 2.05. The van der Waals surface area contributed by atoms with Crippen molar-refractivity contribution in [3.63, 3.8) is 0 Å². The van der Waals surface area contributed by atoms with Gasteiger partial charge in [-0.25, -0.2) is 0 Å². The fourth-order valence-corrected chi connectivity index (χ4v) is 0.770. The zero-order valence-electron chi connectivity index (χ0n) is 7.94. The van der Waals surface area contributed by atoms with Gasteiger partial charge in [0.2, 0.25) is 6.29 Å². The molecule has 0 amide bonds. The highest BCUT2D eigenvalue weighted by Crippen LogP contribution is 2.08. The first-order valence-electron chi connectivity index (χ1n) is 3.70. The van der Waals surface area contributed by atoms with E-state index in [0.717, 1.165) is 0 Å². The van der Waals surface area contributed by atoms with Crippen LogP contribution in [0.2, 0.25) is 0 Å². The molecule has 5 nitrogen and oxygen atoms in total. The van der Waals surface area contributed by atoms with E-state index in [0.29, 0.717) is 0 Å². The van der Waals surface area contributed by atoms with Gasteiger partial charge < -0.3 is 19.3 Å². The fraction of sp³-hybridized carbons (Fsp3) is 0.625. The Bertz CT molecular complexity index is 183. The lowest BCUT2D eigenvalue weighted by atomic mass is 10.4. The Hall–Kier alpha value is -0.910. The lowest BCUT2D eigenvalue weighted by molar-refractivity contribution is -0.148. The number of aliphatic hydroxyl groups excluding tert-OH is 1. The molecule has 0 aromatic rings. The number of esters is 1. The van der Waals surface area contributed by atoms with E-state index in [1.807, 2.05) is 0 Å². The maximum absolute atomic E-state index is 10.6. The van der Waals surface area contributed by atoms with Crippen molar-refractivity contribution in [1.82, 2.24) is 0 Å². The second kappa shape index (κ2) is 6.59. The van der Waals surface area contributed by atoms with Crippen LogP contribution in [0.25, 0.3) is 0 Å². The molecule has 0 aliphatic carbocycles. The molecule has 0 aliphatic heterocycles. The number of rotatable bonds is 5. The molecular formula is C8H14O5. The van der Waals surface area contributed by atoms with E-state index in [9.17, 15) is 4.79 Å². The molecule has 0 fully saturated rings. The number of aliphatic hydroxyl groups is 1. The predicted octanol–water partition coefficient (Wildman–Crippen LogP) is 0.0446. The number of hydrogen-bond donors (Lipinski definition) is 1. The molecule has 5 heteroatoms. The van der Waals surface area contributed by atoms with Gasteiger partial charge in [0.05, 0.1) is 6.61 Å². The maximum atomic E-state index is 10.6. The maximum Gasteiger partial charge on any atom is 0.307 e. The molecular weight excluding hydrogens is 176 g/mol. The first kappa shape index (κ1) is 12.1. The first-order chi connectivity index (χ1) is 6.15. The first-order valence-corrected chi connectivity index (χ1v) is 3.70. The summed E-state index contributed by atoms with van der Waals surface area (Å²) in [5.41, 5.74) is 0. The largest absolute Gasteiger partial charge is 0.426 e. The Morgan fingerprint density at radius 3 is 2.31 bits per heavy atom. The van der Waals surface area contributed by atoms with Gasteiger partial charge in [-0.1, -0.05) is 0 Å². The van der Waals surface area contributed by atoms with Crippen LogP contribution in [-0.4, -0.2) is 38.2 Å². The number of ether oxygens (including phenoxy) is 3. The van der Waals surface area contributed by atoms with E-state index >= 15 is 0 Å². The van der Waals surface area contributed by atoms with Gasteiger partial charge in [-0.15, -0.1) is 0 Å². The lowest BCUT2D eigenvalue weighted by Gasteiger charge is -2.15. The van der Waals surface area contributed by atoms with Gasteiger partial charge in [0.1, 0.15) is 0 Å². The molecule has 0 aromatic heterocycles. The van der Waals surface area contributed by atoms with Gasteiger partial charge in [0.25, 0.3) is 0 Å². The van der Waals surface area contributed by atoms with Crippen LogP contribution in [0.3, 0.4) is 0 Å². The van der Waals surface area contributed by atoms with Crippen LogP contribution in [0.5, 0.6) is 0 Å². The molecule has 0 rings (SSSR count). The van der Waals surface area contributed by atoms with E-state index in [-0.39, 0.29) is 12.4 Å². The van der Waals surface area contributed by atoms with Gasteiger partial charge in [-0.2, -0.15) is 0 Å². The summed E-state index contributed by atoms with van der Waals surface area (Å²) in [5, 5.41) is 8.61. The smallest absolute Gasteiger partial charge is 0.307 e. The van der Waals surface area contributed by atoms with Crippen LogP contribution in [0.4, 0.5) is 0 Å².